The fourth-order valence-corrected chi connectivity index (χ4v) is 6.02. The minimum Gasteiger partial charge on any atom is -0.490 e. The maximum atomic E-state index is 12.0. The van der Waals surface area contributed by atoms with Gasteiger partial charge in [0, 0.05) is 41.6 Å². The Bertz CT molecular complexity index is 1500. The lowest BCUT2D eigenvalue weighted by atomic mass is 9.94. The monoisotopic (exact) mass is 668 g/mol. The number of nitrogens with two attached hydrogens (primary N) is 1. The first kappa shape index (κ1) is 35.0. The minimum atomic E-state index is -1.78. The van der Waals surface area contributed by atoms with E-state index in [4.69, 9.17) is 27.2 Å². The number of para-hydroxylation sites is 1. The number of aliphatic hydroxyl groups excluding tert-OH is 5. The van der Waals surface area contributed by atoms with Crippen LogP contribution in [0.5, 0.6) is 5.75 Å². The smallest absolute Gasteiger partial charge is 0.314 e. The van der Waals surface area contributed by atoms with E-state index in [9.17, 15) is 25.2 Å². The van der Waals surface area contributed by atoms with Crippen molar-refractivity contribution in [3.8, 4) is 16.9 Å². The van der Waals surface area contributed by atoms with E-state index in [2.05, 4.69) is 28.5 Å². The van der Waals surface area contributed by atoms with Gasteiger partial charge in [-0.05, 0) is 85.4 Å². The van der Waals surface area contributed by atoms with Crippen LogP contribution in [-0.2, 0) is 18.5 Å². The second-order valence-electron chi connectivity index (χ2n) is 12.6. The van der Waals surface area contributed by atoms with Crippen LogP contribution in [0.25, 0.3) is 11.1 Å². The van der Waals surface area contributed by atoms with Crippen molar-refractivity contribution < 1.29 is 35.1 Å². The quantitative estimate of drug-likeness (QED) is 0.100. The number of nitrogens with zero attached hydrogens (tertiary/aromatic N) is 2. The van der Waals surface area contributed by atoms with Gasteiger partial charge in [-0.3, -0.25) is 4.98 Å². The summed E-state index contributed by atoms with van der Waals surface area (Å²) in [4.78, 5) is 17.6. The molecule has 1 aromatic heterocycles. The topological polar surface area (TPSA) is 182 Å². The number of amides is 2. The number of hydrogen-bond donors (Lipinski definition) is 7. The number of carbonyl (C=O) groups excluding carboxylic acids is 1. The molecule has 11 nitrogen and oxygen atoms in total. The van der Waals surface area contributed by atoms with Crippen molar-refractivity contribution in [2.24, 2.45) is 5.73 Å². The van der Waals surface area contributed by atoms with Gasteiger partial charge in [0.15, 0.2) is 0 Å². The lowest BCUT2D eigenvalue weighted by Crippen LogP contribution is -2.51. The van der Waals surface area contributed by atoms with Crippen molar-refractivity contribution in [1.82, 2.24) is 15.2 Å². The third-order valence-electron chi connectivity index (χ3n) is 9.00. The number of benzene rings is 2. The number of unbranched alkanes of at least 4 members (excludes halogenated alkanes) is 1. The van der Waals surface area contributed by atoms with Gasteiger partial charge in [-0.25, -0.2) is 4.79 Å². The number of urea groups is 1. The lowest BCUT2D eigenvalue weighted by Gasteiger charge is -2.29. The summed E-state index contributed by atoms with van der Waals surface area (Å²) in [6.45, 7) is -0.315. The number of aromatic nitrogens is 1. The zero-order valence-electron chi connectivity index (χ0n) is 26.3. The van der Waals surface area contributed by atoms with E-state index in [1.165, 1.54) is 4.90 Å². The molecule has 3 aromatic rings. The molecule has 2 aliphatic carbocycles. The fraction of sp³-hybridized carbons (Fsp3) is 0.486. The second kappa shape index (κ2) is 15.7. The highest BCUT2D eigenvalue weighted by Crippen LogP contribution is 2.50. The Balaban J connectivity index is 1.17. The van der Waals surface area contributed by atoms with Gasteiger partial charge in [-0.2, -0.15) is 0 Å². The van der Waals surface area contributed by atoms with E-state index in [1.54, 1.807) is 0 Å². The molecule has 47 heavy (non-hydrogen) atoms. The van der Waals surface area contributed by atoms with Gasteiger partial charge < -0.3 is 46.2 Å². The predicted molar refractivity (Wildman–Crippen MR) is 178 cm³/mol. The van der Waals surface area contributed by atoms with Gasteiger partial charge in [0.05, 0.1) is 19.3 Å². The van der Waals surface area contributed by atoms with Crippen LogP contribution in [0.4, 0.5) is 4.79 Å². The Labute approximate surface area is 280 Å². The van der Waals surface area contributed by atoms with Crippen LogP contribution in [-0.4, -0.2) is 91.7 Å². The summed E-state index contributed by atoms with van der Waals surface area (Å²) in [5, 5.41) is 53.2. The molecule has 8 N–H and O–H groups in total. The third kappa shape index (κ3) is 8.99. The summed E-state index contributed by atoms with van der Waals surface area (Å²) >= 11 is 6.64. The number of pyridine rings is 1. The molecule has 0 spiro atoms. The average molecular weight is 669 g/mol. The molecular weight excluding hydrogens is 624 g/mol. The van der Waals surface area contributed by atoms with Crippen LogP contribution in [0.15, 0.2) is 60.9 Å². The molecule has 0 unspecified atom stereocenters. The molecule has 4 atom stereocenters. The van der Waals surface area contributed by atoms with Gasteiger partial charge in [-0.1, -0.05) is 41.9 Å². The van der Waals surface area contributed by atoms with Gasteiger partial charge >= 0.3 is 6.03 Å². The zero-order valence-corrected chi connectivity index (χ0v) is 27.1. The number of rotatable bonds is 18. The van der Waals surface area contributed by atoms with Crippen LogP contribution in [0.3, 0.4) is 0 Å². The molecular formula is C35H45ClN4O7. The average Bonchev–Trinajstić information content (AvgIpc) is 4.02. The van der Waals surface area contributed by atoms with E-state index >= 15 is 0 Å². The highest BCUT2D eigenvalue weighted by molar-refractivity contribution is 6.31. The Morgan fingerprint density at radius 3 is 2.49 bits per heavy atom. The van der Waals surface area contributed by atoms with Crippen molar-refractivity contribution in [3.05, 3.63) is 82.6 Å². The third-order valence-corrected chi connectivity index (χ3v) is 9.37. The SMILES string of the molecule is NC(=O)N(CCCCc1ccc(Cl)c(CNC2(c3cnccc3-c3ccccc3OC3CC3)CC2)c1)C[C@H](O)[C@@H](O)[C@H](O)[C@H](O)CO. The first-order chi connectivity index (χ1) is 22.6. The summed E-state index contributed by atoms with van der Waals surface area (Å²) in [5.74, 6) is 0.901. The molecule has 0 aliphatic heterocycles. The fourth-order valence-electron chi connectivity index (χ4n) is 5.84. The van der Waals surface area contributed by atoms with E-state index < -0.39 is 37.1 Å². The summed E-state index contributed by atoms with van der Waals surface area (Å²) in [6, 6.07) is 15.4. The maximum absolute atomic E-state index is 12.0. The Morgan fingerprint density at radius 2 is 1.79 bits per heavy atom. The first-order valence-electron chi connectivity index (χ1n) is 16.2. The Kier molecular flexibility index (Phi) is 11.7. The minimum absolute atomic E-state index is 0.210. The van der Waals surface area contributed by atoms with Gasteiger partial charge in [0.2, 0.25) is 0 Å². The largest absolute Gasteiger partial charge is 0.490 e. The van der Waals surface area contributed by atoms with Gasteiger partial charge in [0.25, 0.3) is 0 Å². The van der Waals surface area contributed by atoms with Crippen molar-refractivity contribution in [2.45, 2.75) is 87.5 Å². The highest BCUT2D eigenvalue weighted by atomic mass is 35.5. The second-order valence-corrected chi connectivity index (χ2v) is 13.0. The molecule has 2 saturated carbocycles. The highest BCUT2D eigenvalue weighted by Gasteiger charge is 2.46. The molecule has 1 heterocycles. The number of carbonyl (C=O) groups is 1. The van der Waals surface area contributed by atoms with E-state index in [0.29, 0.717) is 30.5 Å². The van der Waals surface area contributed by atoms with Crippen LogP contribution >= 0.6 is 11.6 Å². The van der Waals surface area contributed by atoms with Crippen LogP contribution in [0, 0.1) is 0 Å². The van der Waals surface area contributed by atoms with Crippen molar-refractivity contribution in [1.29, 1.82) is 0 Å². The number of aryl methyl sites for hydroxylation is 1. The molecule has 2 aliphatic rings. The van der Waals surface area contributed by atoms with Crippen molar-refractivity contribution in [2.75, 3.05) is 19.7 Å². The number of ether oxygens (including phenoxy) is 1. The van der Waals surface area contributed by atoms with E-state index in [-0.39, 0.29) is 18.6 Å². The summed E-state index contributed by atoms with van der Waals surface area (Å²) in [5.41, 5.74) is 10.7. The van der Waals surface area contributed by atoms with Crippen molar-refractivity contribution in [3.63, 3.8) is 0 Å². The van der Waals surface area contributed by atoms with Gasteiger partial charge in [0.1, 0.15) is 30.2 Å². The maximum Gasteiger partial charge on any atom is 0.314 e. The molecule has 12 heteroatoms. The van der Waals surface area contributed by atoms with Gasteiger partial charge in [-0.15, -0.1) is 0 Å². The summed E-state index contributed by atoms with van der Waals surface area (Å²) in [7, 11) is 0. The Hall–Kier alpha value is -3.29. The Morgan fingerprint density at radius 1 is 1.04 bits per heavy atom. The molecule has 0 radical (unpaired) electrons. The standard InChI is InChI=1S/C35H45ClN4O7/c36-28-11-8-22(5-3-4-16-40(34(37)46)20-29(42)32(44)33(45)30(43)21-41)17-23(28)18-39-35(13-14-35)27-19-38-15-12-25(27)26-6-1-2-7-31(26)47-24-9-10-24/h1-2,6-8,11-12,15,17,19,24,29-30,32-33,39,41-45H,3-5,9-10,13-14,16,18,20-21H2,(H2,37,46)/t29-,30+,32+,33+/m0/s1. The lowest BCUT2D eigenvalue weighted by molar-refractivity contribution is -0.117. The van der Waals surface area contributed by atoms with E-state index in [1.807, 2.05) is 42.7 Å². The molecule has 2 aromatic carbocycles. The summed E-state index contributed by atoms with van der Waals surface area (Å²) < 4.78 is 6.24. The van der Waals surface area contributed by atoms with Crippen LogP contribution in [0.2, 0.25) is 5.02 Å². The number of aliphatic hydroxyl groups is 5. The summed E-state index contributed by atoms with van der Waals surface area (Å²) in [6.07, 6.45) is 3.51. The van der Waals surface area contributed by atoms with Crippen LogP contribution < -0.4 is 15.8 Å². The number of hydrogen-bond acceptors (Lipinski definition) is 9. The number of primary amides is 1. The van der Waals surface area contributed by atoms with Crippen molar-refractivity contribution >= 4 is 17.6 Å². The van der Waals surface area contributed by atoms with E-state index in [0.717, 1.165) is 65.7 Å². The zero-order chi connectivity index (χ0) is 33.6. The predicted octanol–water partition coefficient (Wildman–Crippen LogP) is 2.86. The van der Waals surface area contributed by atoms with Crippen LogP contribution in [0.1, 0.15) is 55.2 Å². The number of halogens is 1. The molecule has 0 bridgehead atoms. The first-order valence-corrected chi connectivity index (χ1v) is 16.6. The normalized spacial score (nSPS) is 17.8. The molecule has 2 amide bonds. The molecule has 2 fully saturated rings. The number of nitrogens with one attached hydrogen (secondary N) is 1. The molecule has 254 valence electrons. The molecule has 0 saturated heterocycles. The molecule has 5 rings (SSSR count).